The summed E-state index contributed by atoms with van der Waals surface area (Å²) in [6.07, 6.45) is 4.22. The average Bonchev–Trinajstić information content (AvgIpc) is 2.69. The molecule has 0 spiro atoms. The second-order valence-electron chi connectivity index (χ2n) is 5.28. The van der Waals surface area contributed by atoms with Crippen LogP contribution >= 0.6 is 11.6 Å². The van der Waals surface area contributed by atoms with Gasteiger partial charge in [-0.3, -0.25) is 0 Å². The fraction of sp³-hybridized carbons (Fsp3) is 0.571. The zero-order chi connectivity index (χ0) is 12.4. The summed E-state index contributed by atoms with van der Waals surface area (Å²) in [5.74, 6) is 1.07. The third-order valence-electron chi connectivity index (χ3n) is 3.81. The first-order valence-corrected chi connectivity index (χ1v) is 6.63. The third-order valence-corrected chi connectivity index (χ3v) is 4.05. The summed E-state index contributed by atoms with van der Waals surface area (Å²) in [6, 6.07) is 4.90. The van der Waals surface area contributed by atoms with E-state index in [9.17, 15) is 4.39 Å². The predicted molar refractivity (Wildman–Crippen MR) is 69.6 cm³/mol. The van der Waals surface area contributed by atoms with Crippen LogP contribution in [0.15, 0.2) is 18.2 Å². The van der Waals surface area contributed by atoms with Crippen LogP contribution in [0.5, 0.6) is 0 Å². The summed E-state index contributed by atoms with van der Waals surface area (Å²) in [5, 5.41) is 0.439. The lowest BCUT2D eigenvalue weighted by atomic mass is 9.92. The Kier molecular flexibility index (Phi) is 4.05. The largest absolute Gasteiger partial charge is 0.327 e. The second-order valence-corrected chi connectivity index (χ2v) is 5.72. The smallest absolute Gasteiger partial charge is 0.127 e. The Morgan fingerprint density at radius 3 is 2.82 bits per heavy atom. The summed E-state index contributed by atoms with van der Waals surface area (Å²) in [6.45, 7) is 2.26. The van der Waals surface area contributed by atoms with Crippen LogP contribution in [0.25, 0.3) is 0 Å². The van der Waals surface area contributed by atoms with E-state index in [2.05, 4.69) is 6.92 Å². The highest BCUT2D eigenvalue weighted by Gasteiger charge is 2.27. The van der Waals surface area contributed by atoms with Gasteiger partial charge in [-0.15, -0.1) is 0 Å². The fourth-order valence-electron chi connectivity index (χ4n) is 2.75. The molecule has 1 nitrogen and oxygen atoms in total. The molecule has 1 fully saturated rings. The average molecular weight is 256 g/mol. The van der Waals surface area contributed by atoms with Crippen molar-refractivity contribution in [3.05, 3.63) is 34.6 Å². The summed E-state index contributed by atoms with van der Waals surface area (Å²) in [5.41, 5.74) is 6.86. The molecule has 0 amide bonds. The molecule has 1 aromatic carbocycles. The van der Waals surface area contributed by atoms with Gasteiger partial charge >= 0.3 is 0 Å². The summed E-state index contributed by atoms with van der Waals surface area (Å²) in [7, 11) is 0. The highest BCUT2D eigenvalue weighted by molar-refractivity contribution is 6.30. The van der Waals surface area contributed by atoms with Crippen LogP contribution in [0.3, 0.4) is 0 Å². The molecule has 1 saturated carbocycles. The summed E-state index contributed by atoms with van der Waals surface area (Å²) >= 11 is 5.73. The Labute approximate surface area is 107 Å². The van der Waals surface area contributed by atoms with Crippen molar-refractivity contribution in [2.45, 2.75) is 38.6 Å². The molecule has 2 N–H and O–H groups in total. The number of nitrogens with two attached hydrogens (primary N) is 1. The molecular weight excluding hydrogens is 237 g/mol. The van der Waals surface area contributed by atoms with Gasteiger partial charge in [-0.2, -0.15) is 0 Å². The molecule has 0 aliphatic heterocycles. The molecule has 3 atom stereocenters. The first-order valence-electron chi connectivity index (χ1n) is 6.25. The van der Waals surface area contributed by atoms with Crippen molar-refractivity contribution in [1.29, 1.82) is 0 Å². The number of hydrogen-bond acceptors (Lipinski definition) is 1. The van der Waals surface area contributed by atoms with Gasteiger partial charge in [0.15, 0.2) is 0 Å². The minimum atomic E-state index is -0.237. The van der Waals surface area contributed by atoms with Crippen molar-refractivity contribution in [2.24, 2.45) is 17.6 Å². The molecule has 2 rings (SSSR count). The zero-order valence-corrected chi connectivity index (χ0v) is 10.9. The van der Waals surface area contributed by atoms with E-state index < -0.39 is 0 Å². The van der Waals surface area contributed by atoms with Gasteiger partial charge in [0.1, 0.15) is 5.82 Å². The third kappa shape index (κ3) is 3.20. The Hall–Kier alpha value is -0.600. The summed E-state index contributed by atoms with van der Waals surface area (Å²) < 4.78 is 13.6. The van der Waals surface area contributed by atoms with E-state index in [1.54, 1.807) is 12.1 Å². The van der Waals surface area contributed by atoms with Crippen molar-refractivity contribution in [3.63, 3.8) is 0 Å². The van der Waals surface area contributed by atoms with E-state index in [0.29, 0.717) is 22.9 Å². The lowest BCUT2D eigenvalue weighted by Gasteiger charge is -2.19. The number of halogens is 2. The molecular formula is C14H19ClFN. The number of benzene rings is 1. The standard InChI is InChI=1S/C14H19ClFN/c1-9-2-3-11(6-9)14(17)7-10-4-5-12(15)8-13(10)16/h4-5,8-9,11,14H,2-3,6-7,17H2,1H3. The molecule has 17 heavy (non-hydrogen) atoms. The van der Waals surface area contributed by atoms with Gasteiger partial charge < -0.3 is 5.73 Å². The molecule has 0 aromatic heterocycles. The van der Waals surface area contributed by atoms with Crippen LogP contribution in [-0.4, -0.2) is 6.04 Å². The minimum Gasteiger partial charge on any atom is -0.327 e. The van der Waals surface area contributed by atoms with Gasteiger partial charge in [0, 0.05) is 11.1 Å². The van der Waals surface area contributed by atoms with E-state index >= 15 is 0 Å². The molecule has 0 bridgehead atoms. The first kappa shape index (κ1) is 12.8. The summed E-state index contributed by atoms with van der Waals surface area (Å²) in [4.78, 5) is 0. The van der Waals surface area contributed by atoms with Gasteiger partial charge in [0.05, 0.1) is 0 Å². The number of rotatable bonds is 3. The van der Waals surface area contributed by atoms with Crippen LogP contribution in [0.1, 0.15) is 31.7 Å². The lowest BCUT2D eigenvalue weighted by molar-refractivity contribution is 0.410. The zero-order valence-electron chi connectivity index (χ0n) is 10.1. The Morgan fingerprint density at radius 2 is 2.24 bits per heavy atom. The topological polar surface area (TPSA) is 26.0 Å². The van der Waals surface area contributed by atoms with E-state index in [1.165, 1.54) is 25.3 Å². The first-order chi connectivity index (χ1) is 8.06. The van der Waals surface area contributed by atoms with Crippen LogP contribution in [0.4, 0.5) is 4.39 Å². The van der Waals surface area contributed by atoms with Crippen LogP contribution in [0, 0.1) is 17.7 Å². The molecule has 0 heterocycles. The van der Waals surface area contributed by atoms with Gasteiger partial charge in [-0.05, 0) is 48.8 Å². The highest BCUT2D eigenvalue weighted by Crippen LogP contribution is 2.33. The lowest BCUT2D eigenvalue weighted by Crippen LogP contribution is -2.31. The Balaban J connectivity index is 2.00. The van der Waals surface area contributed by atoms with Gasteiger partial charge in [0.25, 0.3) is 0 Å². The number of hydrogen-bond donors (Lipinski definition) is 1. The molecule has 1 aromatic rings. The molecule has 0 saturated heterocycles. The monoisotopic (exact) mass is 255 g/mol. The maximum absolute atomic E-state index is 13.6. The second kappa shape index (κ2) is 5.36. The van der Waals surface area contributed by atoms with Crippen molar-refractivity contribution < 1.29 is 4.39 Å². The van der Waals surface area contributed by atoms with Crippen LogP contribution in [-0.2, 0) is 6.42 Å². The molecule has 1 aliphatic rings. The molecule has 3 unspecified atom stereocenters. The minimum absolute atomic E-state index is 0.0654. The maximum atomic E-state index is 13.6. The Bertz CT molecular complexity index is 394. The van der Waals surface area contributed by atoms with Crippen LogP contribution in [0.2, 0.25) is 5.02 Å². The normalized spacial score (nSPS) is 26.1. The van der Waals surface area contributed by atoms with Crippen molar-refractivity contribution in [1.82, 2.24) is 0 Å². The van der Waals surface area contributed by atoms with Crippen molar-refractivity contribution in [3.8, 4) is 0 Å². The molecule has 3 heteroatoms. The molecule has 0 radical (unpaired) electrons. The van der Waals surface area contributed by atoms with Crippen molar-refractivity contribution in [2.75, 3.05) is 0 Å². The highest BCUT2D eigenvalue weighted by atomic mass is 35.5. The molecule has 94 valence electrons. The van der Waals surface area contributed by atoms with Gasteiger partial charge in [-0.1, -0.05) is 31.0 Å². The van der Waals surface area contributed by atoms with E-state index in [1.807, 2.05) is 0 Å². The SMILES string of the molecule is CC1CCC(C(N)Cc2ccc(Cl)cc2F)C1. The van der Waals surface area contributed by atoms with Gasteiger partial charge in [-0.25, -0.2) is 4.39 Å². The Morgan fingerprint density at radius 1 is 1.47 bits per heavy atom. The quantitative estimate of drug-likeness (QED) is 0.874. The van der Waals surface area contributed by atoms with E-state index in [-0.39, 0.29) is 11.9 Å². The molecule has 1 aliphatic carbocycles. The van der Waals surface area contributed by atoms with Crippen LogP contribution < -0.4 is 5.73 Å². The van der Waals surface area contributed by atoms with E-state index in [4.69, 9.17) is 17.3 Å². The van der Waals surface area contributed by atoms with E-state index in [0.717, 1.165) is 5.92 Å². The van der Waals surface area contributed by atoms with Gasteiger partial charge in [0.2, 0.25) is 0 Å². The fourth-order valence-corrected chi connectivity index (χ4v) is 2.91. The predicted octanol–water partition coefficient (Wildman–Crippen LogP) is 3.79. The van der Waals surface area contributed by atoms with Crippen molar-refractivity contribution >= 4 is 11.6 Å². The maximum Gasteiger partial charge on any atom is 0.127 e.